The molecule has 0 saturated carbocycles. The summed E-state index contributed by atoms with van der Waals surface area (Å²) in [6, 6.07) is 17.2. The number of para-hydroxylation sites is 1. The molecule has 1 saturated heterocycles. The number of rotatable bonds is 4. The molecule has 0 radical (unpaired) electrons. The summed E-state index contributed by atoms with van der Waals surface area (Å²) in [5.74, 6) is -0.0677. The van der Waals surface area contributed by atoms with Gasteiger partial charge in [-0.25, -0.2) is 0 Å². The molecule has 4 nitrogen and oxygen atoms in total. The molecule has 1 fully saturated rings. The van der Waals surface area contributed by atoms with Crippen molar-refractivity contribution in [1.29, 1.82) is 0 Å². The van der Waals surface area contributed by atoms with Crippen molar-refractivity contribution in [3.63, 3.8) is 0 Å². The normalized spacial score (nSPS) is 17.9. The van der Waals surface area contributed by atoms with Crippen molar-refractivity contribution in [2.75, 3.05) is 4.90 Å². The highest BCUT2D eigenvalue weighted by Crippen LogP contribution is 2.36. The number of hydrogen-bond acceptors (Lipinski definition) is 4. The summed E-state index contributed by atoms with van der Waals surface area (Å²) in [6.07, 6.45) is 1.87. The van der Waals surface area contributed by atoms with Gasteiger partial charge in [0.15, 0.2) is 5.17 Å². The van der Waals surface area contributed by atoms with Gasteiger partial charge in [0, 0.05) is 6.04 Å². The number of nitrogens with zero attached hydrogens (tertiary/aromatic N) is 2. The zero-order chi connectivity index (χ0) is 17.8. The minimum atomic E-state index is -0.0677. The molecule has 0 aromatic heterocycles. The van der Waals surface area contributed by atoms with E-state index >= 15 is 0 Å². The molecule has 1 aliphatic heterocycles. The average molecular weight is 352 g/mol. The number of carbonyl (C=O) groups excluding carboxylic acids is 1. The van der Waals surface area contributed by atoms with Crippen LogP contribution in [-0.2, 0) is 11.4 Å². The second-order valence-electron chi connectivity index (χ2n) is 5.99. The molecule has 2 aromatic carbocycles. The Hall–Kier alpha value is -2.37. The lowest BCUT2D eigenvalue weighted by molar-refractivity contribution is -0.113. The van der Waals surface area contributed by atoms with Crippen LogP contribution in [0.3, 0.4) is 0 Å². The maximum absolute atomic E-state index is 12.9. The maximum atomic E-state index is 12.9. The highest BCUT2D eigenvalue weighted by molar-refractivity contribution is 8.19. The lowest BCUT2D eigenvalue weighted by Gasteiger charge is -2.16. The van der Waals surface area contributed by atoms with Crippen molar-refractivity contribution in [3.05, 3.63) is 70.6 Å². The molecular weight excluding hydrogens is 332 g/mol. The Labute approximate surface area is 151 Å². The van der Waals surface area contributed by atoms with E-state index in [9.17, 15) is 4.79 Å². The molecule has 0 spiro atoms. The maximum Gasteiger partial charge on any atom is 0.271 e. The van der Waals surface area contributed by atoms with E-state index in [1.54, 1.807) is 4.90 Å². The van der Waals surface area contributed by atoms with Crippen LogP contribution in [0.2, 0.25) is 0 Å². The number of thioether (sulfide) groups is 1. The SMILES string of the molecule is CC(C)N=C1S/C(=C\c2ccc(CO)cc2)C(=O)N1c1ccccc1. The van der Waals surface area contributed by atoms with E-state index in [-0.39, 0.29) is 18.6 Å². The first-order valence-electron chi connectivity index (χ1n) is 8.15. The van der Waals surface area contributed by atoms with Crippen LogP contribution < -0.4 is 4.90 Å². The molecule has 1 N–H and O–H groups in total. The van der Waals surface area contributed by atoms with E-state index < -0.39 is 0 Å². The molecule has 128 valence electrons. The molecule has 1 aliphatic rings. The molecule has 3 rings (SSSR count). The summed E-state index contributed by atoms with van der Waals surface area (Å²) >= 11 is 1.39. The summed E-state index contributed by atoms with van der Waals surface area (Å²) in [6.45, 7) is 4.00. The highest BCUT2D eigenvalue weighted by atomic mass is 32.2. The zero-order valence-electron chi connectivity index (χ0n) is 14.2. The predicted molar refractivity (Wildman–Crippen MR) is 104 cm³/mol. The van der Waals surface area contributed by atoms with Crippen molar-refractivity contribution in [2.24, 2.45) is 4.99 Å². The molecule has 5 heteroatoms. The number of aliphatic imine (C=N–C) groups is 1. The Morgan fingerprint density at radius 2 is 1.80 bits per heavy atom. The number of aliphatic hydroxyl groups is 1. The summed E-state index contributed by atoms with van der Waals surface area (Å²) in [5, 5.41) is 9.84. The van der Waals surface area contributed by atoms with E-state index in [4.69, 9.17) is 5.11 Å². The molecule has 2 aromatic rings. The Balaban J connectivity index is 1.96. The van der Waals surface area contributed by atoms with Gasteiger partial charge in [0.2, 0.25) is 0 Å². The fourth-order valence-electron chi connectivity index (χ4n) is 2.46. The average Bonchev–Trinajstić information content (AvgIpc) is 2.91. The standard InChI is InChI=1S/C20H20N2O2S/c1-14(2)21-20-22(17-6-4-3-5-7-17)19(24)18(25-20)12-15-8-10-16(13-23)11-9-15/h3-12,14,23H,13H2,1-2H3/b18-12-,21-20?. The zero-order valence-corrected chi connectivity index (χ0v) is 15.0. The predicted octanol–water partition coefficient (Wildman–Crippen LogP) is 4.06. The number of anilines is 1. The third kappa shape index (κ3) is 4.00. The Bertz CT molecular complexity index is 811. The summed E-state index contributed by atoms with van der Waals surface area (Å²) in [7, 11) is 0. The largest absolute Gasteiger partial charge is 0.392 e. The van der Waals surface area contributed by atoms with Gasteiger partial charge >= 0.3 is 0 Å². The van der Waals surface area contributed by atoms with Gasteiger partial charge in [-0.1, -0.05) is 42.5 Å². The second-order valence-corrected chi connectivity index (χ2v) is 7.00. The van der Waals surface area contributed by atoms with E-state index in [1.807, 2.05) is 74.5 Å². The van der Waals surface area contributed by atoms with Crippen LogP contribution in [0.5, 0.6) is 0 Å². The first-order chi connectivity index (χ1) is 12.1. The number of amidine groups is 1. The molecule has 0 aliphatic carbocycles. The molecule has 1 heterocycles. The van der Waals surface area contributed by atoms with Crippen LogP contribution in [0.15, 0.2) is 64.5 Å². The number of aliphatic hydroxyl groups excluding tert-OH is 1. The van der Waals surface area contributed by atoms with Crippen molar-refractivity contribution in [3.8, 4) is 0 Å². The van der Waals surface area contributed by atoms with Gasteiger partial charge in [-0.2, -0.15) is 0 Å². The van der Waals surface area contributed by atoms with Crippen molar-refractivity contribution in [2.45, 2.75) is 26.5 Å². The quantitative estimate of drug-likeness (QED) is 0.844. The van der Waals surface area contributed by atoms with E-state index in [1.165, 1.54) is 11.8 Å². The van der Waals surface area contributed by atoms with Gasteiger partial charge in [0.05, 0.1) is 17.2 Å². The fourth-order valence-corrected chi connectivity index (χ4v) is 3.57. The second kappa shape index (κ2) is 7.68. The first kappa shape index (κ1) is 17.5. The van der Waals surface area contributed by atoms with Crippen LogP contribution in [0.4, 0.5) is 5.69 Å². The molecule has 0 bridgehead atoms. The van der Waals surface area contributed by atoms with Crippen LogP contribution >= 0.6 is 11.8 Å². The minimum absolute atomic E-state index is 0.0114. The lowest BCUT2D eigenvalue weighted by Crippen LogP contribution is -2.29. The number of amides is 1. The van der Waals surface area contributed by atoms with Crippen molar-refractivity contribution >= 4 is 34.6 Å². The van der Waals surface area contributed by atoms with Gasteiger partial charge in [0.1, 0.15) is 0 Å². The highest BCUT2D eigenvalue weighted by Gasteiger charge is 2.34. The smallest absolute Gasteiger partial charge is 0.271 e. The Kier molecular flexibility index (Phi) is 5.36. The number of hydrogen-bond donors (Lipinski definition) is 1. The third-order valence-corrected chi connectivity index (χ3v) is 4.63. The van der Waals surface area contributed by atoms with Gasteiger partial charge in [-0.05, 0) is 54.9 Å². The van der Waals surface area contributed by atoms with Gasteiger partial charge in [0.25, 0.3) is 5.91 Å². The monoisotopic (exact) mass is 352 g/mol. The molecule has 0 atom stereocenters. The van der Waals surface area contributed by atoms with Gasteiger partial charge in [-0.15, -0.1) is 0 Å². The van der Waals surface area contributed by atoms with Crippen molar-refractivity contribution < 1.29 is 9.90 Å². The molecule has 1 amide bonds. The summed E-state index contributed by atoms with van der Waals surface area (Å²) in [5.41, 5.74) is 2.59. The third-order valence-electron chi connectivity index (χ3n) is 3.65. The van der Waals surface area contributed by atoms with E-state index in [2.05, 4.69) is 4.99 Å². The van der Waals surface area contributed by atoms with Gasteiger partial charge < -0.3 is 5.11 Å². The number of carbonyl (C=O) groups is 1. The van der Waals surface area contributed by atoms with Crippen LogP contribution in [0.25, 0.3) is 6.08 Å². The fraction of sp³-hybridized carbons (Fsp3) is 0.200. The van der Waals surface area contributed by atoms with Gasteiger partial charge in [-0.3, -0.25) is 14.7 Å². The lowest BCUT2D eigenvalue weighted by atomic mass is 10.1. The Morgan fingerprint density at radius 3 is 2.40 bits per heavy atom. The Morgan fingerprint density at radius 1 is 1.12 bits per heavy atom. The summed E-state index contributed by atoms with van der Waals surface area (Å²) < 4.78 is 0. The van der Waals surface area contributed by atoms with E-state index in [0.717, 1.165) is 16.8 Å². The van der Waals surface area contributed by atoms with Crippen molar-refractivity contribution in [1.82, 2.24) is 0 Å². The van der Waals surface area contributed by atoms with E-state index in [0.29, 0.717) is 10.1 Å². The number of benzene rings is 2. The van der Waals surface area contributed by atoms with Crippen LogP contribution in [0.1, 0.15) is 25.0 Å². The van der Waals surface area contributed by atoms with Crippen LogP contribution in [-0.4, -0.2) is 22.2 Å². The topological polar surface area (TPSA) is 52.9 Å². The molecule has 0 unspecified atom stereocenters. The van der Waals surface area contributed by atoms with Crippen LogP contribution in [0, 0.1) is 0 Å². The molecule has 25 heavy (non-hydrogen) atoms. The summed E-state index contributed by atoms with van der Waals surface area (Å²) in [4.78, 5) is 19.9. The first-order valence-corrected chi connectivity index (χ1v) is 8.97. The minimum Gasteiger partial charge on any atom is -0.392 e. The molecular formula is C20H20N2O2S.